The molecule has 0 heterocycles. The zero-order valence-electron chi connectivity index (χ0n) is 15.0. The van der Waals surface area contributed by atoms with Gasteiger partial charge in [0.15, 0.2) is 0 Å². The molecule has 0 aliphatic rings. The molecule has 0 aliphatic carbocycles. The van der Waals surface area contributed by atoms with Crippen molar-refractivity contribution in [3.63, 3.8) is 0 Å². The highest BCUT2D eigenvalue weighted by atomic mass is 16.6. The zero-order chi connectivity index (χ0) is 16.5. The third-order valence-electron chi connectivity index (χ3n) is 2.83. The van der Waals surface area contributed by atoms with E-state index in [9.17, 15) is 0 Å². The zero-order valence-corrected chi connectivity index (χ0v) is 15.0. The summed E-state index contributed by atoms with van der Waals surface area (Å²) < 4.78 is 27.0. The summed E-state index contributed by atoms with van der Waals surface area (Å²) in [6.07, 6.45) is 2.12. The first-order chi connectivity index (χ1) is 10.6. The Balaban J connectivity index is 3.00. The molecule has 0 spiro atoms. The SMILES string of the molecule is CCCOCCOCCOCCOCCOCCC(C)(C)C. The molecule has 0 aromatic rings. The summed E-state index contributed by atoms with van der Waals surface area (Å²) in [4.78, 5) is 0. The maximum Gasteiger partial charge on any atom is 0.0701 e. The van der Waals surface area contributed by atoms with Crippen LogP contribution < -0.4 is 0 Å². The van der Waals surface area contributed by atoms with E-state index < -0.39 is 0 Å². The van der Waals surface area contributed by atoms with Crippen molar-refractivity contribution in [2.75, 3.05) is 66.1 Å². The molecule has 0 fully saturated rings. The second kappa shape index (κ2) is 15.7. The molecule has 0 bridgehead atoms. The fourth-order valence-corrected chi connectivity index (χ4v) is 1.50. The Hall–Kier alpha value is -0.200. The second-order valence-electron chi connectivity index (χ2n) is 6.37. The summed E-state index contributed by atoms with van der Waals surface area (Å²) in [5, 5.41) is 0. The molecule has 22 heavy (non-hydrogen) atoms. The Kier molecular flexibility index (Phi) is 15.5. The Labute approximate surface area is 136 Å². The van der Waals surface area contributed by atoms with Crippen LogP contribution in [-0.2, 0) is 23.7 Å². The highest BCUT2D eigenvalue weighted by Gasteiger charge is 2.08. The van der Waals surface area contributed by atoms with Crippen LogP contribution in [0.15, 0.2) is 0 Å². The van der Waals surface area contributed by atoms with Gasteiger partial charge < -0.3 is 23.7 Å². The molecular weight excluding hydrogens is 284 g/mol. The molecule has 0 saturated carbocycles. The molecule has 0 amide bonds. The molecule has 134 valence electrons. The Bertz CT molecular complexity index is 216. The van der Waals surface area contributed by atoms with E-state index in [1.54, 1.807) is 0 Å². The standard InChI is InChI=1S/C17H36O5/c1-5-7-18-9-11-20-13-15-22-16-14-21-12-10-19-8-6-17(2,3)4/h5-16H2,1-4H3. The van der Waals surface area contributed by atoms with Crippen molar-refractivity contribution in [3.8, 4) is 0 Å². The highest BCUT2D eigenvalue weighted by molar-refractivity contribution is 4.59. The number of hydrogen-bond donors (Lipinski definition) is 0. The molecule has 0 radical (unpaired) electrons. The molecule has 0 atom stereocenters. The van der Waals surface area contributed by atoms with Gasteiger partial charge in [0, 0.05) is 13.2 Å². The minimum absolute atomic E-state index is 0.332. The highest BCUT2D eigenvalue weighted by Crippen LogP contribution is 2.17. The van der Waals surface area contributed by atoms with Gasteiger partial charge in [0.25, 0.3) is 0 Å². The predicted octanol–water partition coefficient (Wildman–Crippen LogP) is 2.92. The van der Waals surface area contributed by atoms with E-state index in [-0.39, 0.29) is 0 Å². The Morgan fingerprint density at radius 1 is 0.500 bits per heavy atom. The minimum atomic E-state index is 0.332. The molecule has 0 aromatic heterocycles. The largest absolute Gasteiger partial charge is 0.379 e. The lowest BCUT2D eigenvalue weighted by Crippen LogP contribution is -2.14. The first kappa shape index (κ1) is 21.8. The van der Waals surface area contributed by atoms with Crippen LogP contribution in [0.25, 0.3) is 0 Å². The summed E-state index contributed by atoms with van der Waals surface area (Å²) in [7, 11) is 0. The van der Waals surface area contributed by atoms with E-state index in [0.717, 1.165) is 26.1 Å². The van der Waals surface area contributed by atoms with Crippen molar-refractivity contribution in [3.05, 3.63) is 0 Å². The van der Waals surface area contributed by atoms with E-state index in [4.69, 9.17) is 23.7 Å². The molecule has 0 rings (SSSR count). The van der Waals surface area contributed by atoms with Crippen LogP contribution in [0.3, 0.4) is 0 Å². The first-order valence-corrected chi connectivity index (χ1v) is 8.45. The third-order valence-corrected chi connectivity index (χ3v) is 2.83. The van der Waals surface area contributed by atoms with Crippen molar-refractivity contribution in [2.24, 2.45) is 5.41 Å². The van der Waals surface area contributed by atoms with Gasteiger partial charge in [-0.05, 0) is 18.3 Å². The van der Waals surface area contributed by atoms with E-state index in [1.807, 2.05) is 0 Å². The van der Waals surface area contributed by atoms with Crippen LogP contribution in [0.4, 0.5) is 0 Å². The fraction of sp³-hybridized carbons (Fsp3) is 1.00. The summed E-state index contributed by atoms with van der Waals surface area (Å²) in [5.41, 5.74) is 0.332. The molecule has 5 nitrogen and oxygen atoms in total. The maximum atomic E-state index is 5.51. The van der Waals surface area contributed by atoms with Crippen molar-refractivity contribution in [1.82, 2.24) is 0 Å². The molecule has 0 saturated heterocycles. The van der Waals surface area contributed by atoms with Gasteiger partial charge in [0.1, 0.15) is 0 Å². The van der Waals surface area contributed by atoms with Gasteiger partial charge in [-0.25, -0.2) is 0 Å². The number of rotatable bonds is 16. The maximum absolute atomic E-state index is 5.51. The summed E-state index contributed by atoms with van der Waals surface area (Å²) in [6.45, 7) is 15.3. The van der Waals surface area contributed by atoms with Gasteiger partial charge in [-0.3, -0.25) is 0 Å². The van der Waals surface area contributed by atoms with Crippen LogP contribution in [-0.4, -0.2) is 66.1 Å². The Morgan fingerprint density at radius 3 is 1.14 bits per heavy atom. The van der Waals surface area contributed by atoms with Crippen LogP contribution in [0.2, 0.25) is 0 Å². The average Bonchev–Trinajstić information content (AvgIpc) is 2.45. The van der Waals surface area contributed by atoms with Crippen molar-refractivity contribution < 1.29 is 23.7 Å². The lowest BCUT2D eigenvalue weighted by molar-refractivity contribution is -0.0123. The normalized spacial score (nSPS) is 12.0. The summed E-state index contributed by atoms with van der Waals surface area (Å²) in [5.74, 6) is 0. The predicted molar refractivity (Wildman–Crippen MR) is 88.5 cm³/mol. The monoisotopic (exact) mass is 320 g/mol. The van der Waals surface area contributed by atoms with E-state index in [2.05, 4.69) is 27.7 Å². The molecule has 0 unspecified atom stereocenters. The van der Waals surface area contributed by atoms with Gasteiger partial charge in [-0.2, -0.15) is 0 Å². The summed E-state index contributed by atoms with van der Waals surface area (Å²) >= 11 is 0. The molecule has 0 N–H and O–H groups in total. The smallest absolute Gasteiger partial charge is 0.0701 e. The van der Waals surface area contributed by atoms with Crippen molar-refractivity contribution >= 4 is 0 Å². The van der Waals surface area contributed by atoms with Crippen LogP contribution in [0, 0.1) is 5.41 Å². The molecule has 0 aliphatic heterocycles. The van der Waals surface area contributed by atoms with Gasteiger partial charge >= 0.3 is 0 Å². The topological polar surface area (TPSA) is 46.2 Å². The quantitative estimate of drug-likeness (QED) is 0.409. The second-order valence-corrected chi connectivity index (χ2v) is 6.37. The number of hydrogen-bond acceptors (Lipinski definition) is 5. The summed E-state index contributed by atoms with van der Waals surface area (Å²) in [6, 6.07) is 0. The van der Waals surface area contributed by atoms with Crippen LogP contribution >= 0.6 is 0 Å². The minimum Gasteiger partial charge on any atom is -0.379 e. The number of ether oxygens (including phenoxy) is 5. The van der Waals surface area contributed by atoms with Gasteiger partial charge in [0.2, 0.25) is 0 Å². The lowest BCUT2D eigenvalue weighted by atomic mass is 9.93. The van der Waals surface area contributed by atoms with E-state index in [0.29, 0.717) is 58.3 Å². The van der Waals surface area contributed by atoms with Gasteiger partial charge in [0.05, 0.1) is 52.9 Å². The Morgan fingerprint density at radius 2 is 0.818 bits per heavy atom. The van der Waals surface area contributed by atoms with E-state index in [1.165, 1.54) is 0 Å². The third kappa shape index (κ3) is 19.8. The van der Waals surface area contributed by atoms with Crippen molar-refractivity contribution in [1.29, 1.82) is 0 Å². The van der Waals surface area contributed by atoms with Gasteiger partial charge in [-0.15, -0.1) is 0 Å². The molecule has 5 heteroatoms. The van der Waals surface area contributed by atoms with Gasteiger partial charge in [-0.1, -0.05) is 27.7 Å². The molecule has 0 aromatic carbocycles. The first-order valence-electron chi connectivity index (χ1n) is 8.45. The van der Waals surface area contributed by atoms with Crippen LogP contribution in [0.1, 0.15) is 40.5 Å². The van der Waals surface area contributed by atoms with Crippen molar-refractivity contribution in [2.45, 2.75) is 40.5 Å². The van der Waals surface area contributed by atoms with E-state index >= 15 is 0 Å². The average molecular weight is 320 g/mol. The fourth-order valence-electron chi connectivity index (χ4n) is 1.50. The van der Waals surface area contributed by atoms with Crippen LogP contribution in [0.5, 0.6) is 0 Å². The lowest BCUT2D eigenvalue weighted by Gasteiger charge is -2.17. The molecular formula is C17H36O5.